The third-order valence-electron chi connectivity index (χ3n) is 7.80. The summed E-state index contributed by atoms with van der Waals surface area (Å²) in [6, 6.07) is 16.4. The maximum absolute atomic E-state index is 13.0. The number of nitrogens with zero attached hydrogens (tertiary/aromatic N) is 2. The normalized spacial score (nSPS) is 12.7. The number of pyridine rings is 1. The van der Waals surface area contributed by atoms with E-state index in [2.05, 4.69) is 39.9 Å². The second-order valence-corrected chi connectivity index (χ2v) is 10.8. The van der Waals surface area contributed by atoms with Gasteiger partial charge in [0.1, 0.15) is 6.61 Å². The molecule has 0 spiro atoms. The Morgan fingerprint density at radius 1 is 0.976 bits per heavy atom. The largest absolute Gasteiger partial charge is 0.447 e. The van der Waals surface area contributed by atoms with Crippen LogP contribution >= 0.6 is 0 Å². The Morgan fingerprint density at radius 2 is 1.80 bits per heavy atom. The zero-order chi connectivity index (χ0) is 28.4. The maximum Gasteiger partial charge on any atom is 0.414 e. The Balaban J connectivity index is 1.10. The fraction of sp³-hybridized carbons (Fsp3) is 0.424. The number of carbonyl (C=O) groups is 2. The highest BCUT2D eigenvalue weighted by atomic mass is 16.6. The number of anilines is 2. The van der Waals surface area contributed by atoms with Crippen LogP contribution in [0.25, 0.3) is 21.8 Å². The zero-order valence-corrected chi connectivity index (χ0v) is 24.0. The van der Waals surface area contributed by atoms with Crippen LogP contribution in [0, 0.1) is 0 Å². The number of unbranched alkanes of at least 4 members (excludes halogenated alkanes) is 4. The van der Waals surface area contributed by atoms with Gasteiger partial charge in [0, 0.05) is 59.6 Å². The highest BCUT2D eigenvalue weighted by Crippen LogP contribution is 2.33. The molecule has 2 heterocycles. The van der Waals surface area contributed by atoms with Crippen molar-refractivity contribution in [2.45, 2.75) is 64.7 Å². The van der Waals surface area contributed by atoms with Crippen LogP contribution in [0.3, 0.4) is 0 Å². The van der Waals surface area contributed by atoms with Crippen molar-refractivity contribution in [3.63, 3.8) is 0 Å². The molecule has 5 rings (SSSR count). The van der Waals surface area contributed by atoms with Crippen LogP contribution in [0.2, 0.25) is 0 Å². The van der Waals surface area contributed by atoms with Gasteiger partial charge in [-0.15, -0.1) is 0 Å². The lowest BCUT2D eigenvalue weighted by atomic mass is 9.92. The van der Waals surface area contributed by atoms with E-state index in [0.29, 0.717) is 13.1 Å². The van der Waals surface area contributed by atoms with E-state index in [0.717, 1.165) is 73.6 Å². The van der Waals surface area contributed by atoms with E-state index in [1.165, 1.54) is 42.1 Å². The monoisotopic (exact) mass is 555 g/mol. The number of aryl methyl sites for hydroxylation is 1. The van der Waals surface area contributed by atoms with E-state index < -0.39 is 0 Å². The zero-order valence-electron chi connectivity index (χ0n) is 24.0. The molecule has 1 aliphatic rings. The first-order valence-electron chi connectivity index (χ1n) is 15.0. The number of para-hydroxylation sites is 1. The minimum absolute atomic E-state index is 0.139. The lowest BCUT2D eigenvalue weighted by Gasteiger charge is -2.23. The van der Waals surface area contributed by atoms with Gasteiger partial charge in [0.05, 0.1) is 12.1 Å². The van der Waals surface area contributed by atoms with E-state index in [-0.39, 0.29) is 18.6 Å². The summed E-state index contributed by atoms with van der Waals surface area (Å²) in [6.45, 7) is 3.43. The molecule has 216 valence electrons. The van der Waals surface area contributed by atoms with Crippen LogP contribution in [-0.2, 0) is 22.4 Å². The Hall–Kier alpha value is -4.07. The van der Waals surface area contributed by atoms with Gasteiger partial charge in [-0.2, -0.15) is 0 Å². The van der Waals surface area contributed by atoms with Crippen molar-refractivity contribution >= 4 is 45.2 Å². The summed E-state index contributed by atoms with van der Waals surface area (Å²) < 4.78 is 5.48. The Morgan fingerprint density at radius 3 is 2.71 bits per heavy atom. The third kappa shape index (κ3) is 7.37. The fourth-order valence-electron chi connectivity index (χ4n) is 5.69. The van der Waals surface area contributed by atoms with E-state index >= 15 is 0 Å². The number of H-pyrrole nitrogens is 1. The number of hydrogen-bond donors (Lipinski definition) is 3. The summed E-state index contributed by atoms with van der Waals surface area (Å²) in [6.07, 6.45) is 11.4. The van der Waals surface area contributed by atoms with Crippen molar-refractivity contribution < 1.29 is 14.3 Å². The van der Waals surface area contributed by atoms with Gasteiger partial charge in [0.2, 0.25) is 5.91 Å². The molecule has 3 N–H and O–H groups in total. The summed E-state index contributed by atoms with van der Waals surface area (Å²) in [5.74, 6) is -0.139. The first-order valence-corrected chi connectivity index (χ1v) is 15.0. The number of nitrogens with one attached hydrogen (secondary N) is 3. The van der Waals surface area contributed by atoms with Crippen molar-refractivity contribution in [3.8, 4) is 0 Å². The number of ether oxygens (including phenoxy) is 1. The van der Waals surface area contributed by atoms with Gasteiger partial charge >= 0.3 is 6.09 Å². The number of aromatic amines is 1. The quantitative estimate of drug-likeness (QED) is 0.159. The Kier molecular flexibility index (Phi) is 9.73. The van der Waals surface area contributed by atoms with E-state index in [1.807, 2.05) is 30.5 Å². The van der Waals surface area contributed by atoms with Crippen molar-refractivity contribution in [1.29, 1.82) is 0 Å². The van der Waals surface area contributed by atoms with Crippen LogP contribution in [0.4, 0.5) is 16.2 Å². The maximum atomic E-state index is 13.0. The Bertz CT molecular complexity index is 1480. The summed E-state index contributed by atoms with van der Waals surface area (Å²) in [5, 5.41) is 8.71. The SMILES string of the molecule is CC(=O)NCCOC(=O)N(CCCCCCCNc1c2c(nc3ccccc13)CCCC2)c1ccc2[nH]ccc2c1. The second kappa shape index (κ2) is 14.0. The van der Waals surface area contributed by atoms with Crippen molar-refractivity contribution in [3.05, 3.63) is 66.0 Å². The molecule has 8 nitrogen and oxygen atoms in total. The lowest BCUT2D eigenvalue weighted by Crippen LogP contribution is -2.34. The standard InChI is InChI=1S/C33H41N5O3/c1-24(39)34-20-22-41-33(40)38(26-15-16-29-25(23-26)17-19-35-29)21-10-4-2-3-9-18-36-32-27-11-5-7-13-30(27)37-31-14-8-6-12-28(31)32/h5,7,11,13,15-17,19,23,35H,2-4,6,8-10,12,14,18,20-22H2,1H3,(H,34,39)(H,36,37). The molecule has 0 saturated carbocycles. The highest BCUT2D eigenvalue weighted by Gasteiger charge is 2.19. The van der Waals surface area contributed by atoms with Crippen molar-refractivity contribution in [1.82, 2.24) is 15.3 Å². The summed E-state index contributed by atoms with van der Waals surface area (Å²) >= 11 is 0. The topological polar surface area (TPSA) is 99.3 Å². The van der Waals surface area contributed by atoms with Crippen LogP contribution < -0.4 is 15.5 Å². The van der Waals surface area contributed by atoms with E-state index in [1.54, 1.807) is 4.90 Å². The average Bonchev–Trinajstić information content (AvgIpc) is 3.46. The number of benzene rings is 2. The molecule has 0 atom stereocenters. The molecule has 1 aliphatic carbocycles. The molecule has 0 unspecified atom stereocenters. The average molecular weight is 556 g/mol. The summed E-state index contributed by atoms with van der Waals surface area (Å²) in [5.41, 5.74) is 6.91. The molecule has 0 aliphatic heterocycles. The van der Waals surface area contributed by atoms with Gasteiger partial charge in [-0.05, 0) is 74.4 Å². The second-order valence-electron chi connectivity index (χ2n) is 10.8. The third-order valence-corrected chi connectivity index (χ3v) is 7.80. The molecule has 0 radical (unpaired) electrons. The minimum Gasteiger partial charge on any atom is -0.447 e. The molecule has 2 amide bonds. The predicted octanol–water partition coefficient (Wildman–Crippen LogP) is 6.74. The van der Waals surface area contributed by atoms with Gasteiger partial charge in [0.15, 0.2) is 0 Å². The Labute approximate surface area is 241 Å². The lowest BCUT2D eigenvalue weighted by molar-refractivity contribution is -0.119. The summed E-state index contributed by atoms with van der Waals surface area (Å²) in [4.78, 5) is 33.9. The first kappa shape index (κ1) is 28.5. The predicted molar refractivity (Wildman–Crippen MR) is 166 cm³/mol. The highest BCUT2D eigenvalue weighted by molar-refractivity contribution is 5.94. The minimum atomic E-state index is -0.387. The smallest absolute Gasteiger partial charge is 0.414 e. The van der Waals surface area contributed by atoms with Crippen LogP contribution in [0.1, 0.15) is 63.1 Å². The first-order chi connectivity index (χ1) is 20.1. The molecule has 41 heavy (non-hydrogen) atoms. The molecule has 0 fully saturated rings. The van der Waals surface area contributed by atoms with Gasteiger partial charge in [-0.3, -0.25) is 14.7 Å². The number of hydrogen-bond acceptors (Lipinski definition) is 5. The van der Waals surface area contributed by atoms with Crippen LogP contribution in [-0.4, -0.2) is 48.2 Å². The van der Waals surface area contributed by atoms with Crippen molar-refractivity contribution in [2.75, 3.05) is 36.5 Å². The molecule has 8 heteroatoms. The van der Waals surface area contributed by atoms with Crippen LogP contribution in [0.15, 0.2) is 54.7 Å². The molecular formula is C33H41N5O3. The van der Waals surface area contributed by atoms with Gasteiger partial charge in [-0.1, -0.05) is 37.5 Å². The van der Waals surface area contributed by atoms with Gasteiger partial charge in [0.25, 0.3) is 0 Å². The van der Waals surface area contributed by atoms with E-state index in [9.17, 15) is 9.59 Å². The molecule has 0 saturated heterocycles. The number of rotatable bonds is 13. The van der Waals surface area contributed by atoms with Crippen molar-refractivity contribution in [2.24, 2.45) is 0 Å². The summed E-state index contributed by atoms with van der Waals surface area (Å²) in [7, 11) is 0. The number of carbonyl (C=O) groups excluding carboxylic acids is 2. The molecular weight excluding hydrogens is 514 g/mol. The number of aromatic nitrogens is 2. The number of amides is 2. The molecule has 0 bridgehead atoms. The fourth-order valence-corrected chi connectivity index (χ4v) is 5.69. The molecule has 4 aromatic rings. The molecule has 2 aromatic heterocycles. The molecule has 2 aromatic carbocycles. The van der Waals surface area contributed by atoms with Crippen LogP contribution in [0.5, 0.6) is 0 Å². The van der Waals surface area contributed by atoms with E-state index in [4.69, 9.17) is 9.72 Å². The van der Waals surface area contributed by atoms with Gasteiger partial charge < -0.3 is 20.4 Å². The number of fused-ring (bicyclic) bond motifs is 3. The van der Waals surface area contributed by atoms with Gasteiger partial charge in [-0.25, -0.2) is 4.79 Å².